The first-order valence-electron chi connectivity index (χ1n) is 10.1. The smallest absolute Gasteiger partial charge is 0.251 e. The van der Waals surface area contributed by atoms with Crippen LogP contribution in [0.2, 0.25) is 5.02 Å². The number of thioether (sulfide) groups is 1. The van der Waals surface area contributed by atoms with Crippen LogP contribution in [0.15, 0.2) is 18.2 Å². The number of nitrogens with zero attached hydrogens (tertiary/aromatic N) is 1. The molecule has 0 spiro atoms. The number of hydrogen-bond donors (Lipinski definition) is 1. The molecule has 1 atom stereocenters. The van der Waals surface area contributed by atoms with Crippen LogP contribution >= 0.6 is 23.4 Å². The van der Waals surface area contributed by atoms with Crippen molar-refractivity contribution < 1.29 is 9.53 Å². The summed E-state index contributed by atoms with van der Waals surface area (Å²) in [6.45, 7) is 4.42. The number of nitrogens with one attached hydrogen (secondary N) is 1. The maximum Gasteiger partial charge on any atom is 0.251 e. The molecule has 1 aliphatic heterocycles. The molecule has 1 aromatic carbocycles. The Labute approximate surface area is 172 Å². The number of ether oxygens (including phenoxy) is 1. The van der Waals surface area contributed by atoms with Gasteiger partial charge in [0.05, 0.1) is 5.02 Å². The monoisotopic (exact) mass is 410 g/mol. The first kappa shape index (κ1) is 20.8. The van der Waals surface area contributed by atoms with E-state index in [1.54, 1.807) is 6.07 Å². The lowest BCUT2D eigenvalue weighted by Gasteiger charge is -2.36. The summed E-state index contributed by atoms with van der Waals surface area (Å²) in [6, 6.07) is 6.32. The summed E-state index contributed by atoms with van der Waals surface area (Å²) in [5.41, 5.74) is 0.611. The van der Waals surface area contributed by atoms with E-state index < -0.39 is 0 Å². The van der Waals surface area contributed by atoms with Gasteiger partial charge in [0.15, 0.2) is 0 Å². The fourth-order valence-corrected chi connectivity index (χ4v) is 4.96. The zero-order valence-corrected chi connectivity index (χ0v) is 18.0. The number of carbonyl (C=O) groups is 1. The highest BCUT2D eigenvalue weighted by Gasteiger charge is 2.24. The van der Waals surface area contributed by atoms with Crippen LogP contribution in [0.25, 0.3) is 0 Å². The topological polar surface area (TPSA) is 41.6 Å². The Morgan fingerprint density at radius 2 is 2.00 bits per heavy atom. The molecule has 1 N–H and O–H groups in total. The molecular formula is C21H31ClN2O2S. The molecule has 0 radical (unpaired) electrons. The molecule has 1 amide bonds. The fourth-order valence-electron chi connectivity index (χ4n) is 4.04. The molecule has 0 aromatic heterocycles. The summed E-state index contributed by atoms with van der Waals surface area (Å²) in [6.07, 6.45) is 8.94. The first-order valence-corrected chi connectivity index (χ1v) is 11.8. The van der Waals surface area contributed by atoms with E-state index in [1.165, 1.54) is 18.6 Å². The summed E-state index contributed by atoms with van der Waals surface area (Å²) in [7, 11) is 0. The van der Waals surface area contributed by atoms with E-state index in [1.807, 2.05) is 23.9 Å². The van der Waals surface area contributed by atoms with Crippen LogP contribution in [-0.2, 0) is 0 Å². The van der Waals surface area contributed by atoms with Crippen molar-refractivity contribution >= 4 is 29.3 Å². The molecule has 1 aromatic rings. The minimum atomic E-state index is -0.0357. The molecule has 1 saturated heterocycles. The Morgan fingerprint density at radius 1 is 1.30 bits per heavy atom. The number of hydrogen-bond acceptors (Lipinski definition) is 4. The third kappa shape index (κ3) is 5.78. The van der Waals surface area contributed by atoms with Crippen molar-refractivity contribution in [2.75, 3.05) is 25.1 Å². The lowest BCUT2D eigenvalue weighted by molar-refractivity contribution is 0.0854. The molecule has 1 unspecified atom stereocenters. The maximum atomic E-state index is 12.4. The van der Waals surface area contributed by atoms with Gasteiger partial charge in [-0.2, -0.15) is 11.8 Å². The van der Waals surface area contributed by atoms with Crippen LogP contribution in [0.4, 0.5) is 0 Å². The highest BCUT2D eigenvalue weighted by molar-refractivity contribution is 7.98. The van der Waals surface area contributed by atoms with Gasteiger partial charge in [-0.25, -0.2) is 0 Å². The van der Waals surface area contributed by atoms with Gasteiger partial charge in [-0.1, -0.05) is 24.4 Å². The second-order valence-electron chi connectivity index (χ2n) is 7.76. The van der Waals surface area contributed by atoms with Crippen LogP contribution in [0.5, 0.6) is 5.75 Å². The van der Waals surface area contributed by atoms with Crippen molar-refractivity contribution in [2.45, 2.75) is 63.6 Å². The second-order valence-corrected chi connectivity index (χ2v) is 9.08. The molecule has 0 bridgehead atoms. The normalized spacial score (nSPS) is 20.6. The van der Waals surface area contributed by atoms with Crippen LogP contribution in [0.3, 0.4) is 0 Å². The van der Waals surface area contributed by atoms with E-state index in [0.717, 1.165) is 38.8 Å². The number of piperidine rings is 1. The third-order valence-electron chi connectivity index (χ3n) is 5.69. The molecule has 4 nitrogen and oxygen atoms in total. The number of rotatable bonds is 7. The van der Waals surface area contributed by atoms with Gasteiger partial charge in [0, 0.05) is 36.5 Å². The van der Waals surface area contributed by atoms with Gasteiger partial charge in [0.2, 0.25) is 0 Å². The summed E-state index contributed by atoms with van der Waals surface area (Å²) >= 11 is 8.31. The Balaban J connectivity index is 1.51. The van der Waals surface area contributed by atoms with Crippen molar-refractivity contribution in [1.29, 1.82) is 0 Å². The SMILES string of the molecule is CSCC(C)N1CCC(Oc2ccc(C(=O)NC3CCCC3)cc2Cl)CC1. The van der Waals surface area contributed by atoms with Crippen LogP contribution in [-0.4, -0.2) is 54.1 Å². The summed E-state index contributed by atoms with van der Waals surface area (Å²) in [5.74, 6) is 1.82. The molecule has 3 rings (SSSR count). The zero-order chi connectivity index (χ0) is 19.2. The predicted molar refractivity (Wildman–Crippen MR) is 114 cm³/mol. The minimum Gasteiger partial charge on any atom is -0.489 e. The molecular weight excluding hydrogens is 380 g/mol. The van der Waals surface area contributed by atoms with Crippen molar-refractivity contribution in [2.24, 2.45) is 0 Å². The van der Waals surface area contributed by atoms with Crippen molar-refractivity contribution in [3.63, 3.8) is 0 Å². The van der Waals surface area contributed by atoms with E-state index in [0.29, 0.717) is 28.4 Å². The zero-order valence-electron chi connectivity index (χ0n) is 16.4. The van der Waals surface area contributed by atoms with Gasteiger partial charge >= 0.3 is 0 Å². The second kappa shape index (κ2) is 10.0. The third-order valence-corrected chi connectivity index (χ3v) is 6.80. The number of halogens is 1. The quantitative estimate of drug-likeness (QED) is 0.712. The van der Waals surface area contributed by atoms with Gasteiger partial charge in [0.25, 0.3) is 5.91 Å². The highest BCUT2D eigenvalue weighted by Crippen LogP contribution is 2.29. The van der Waals surface area contributed by atoms with E-state index in [9.17, 15) is 4.79 Å². The predicted octanol–water partition coefficient (Wildman–Crippen LogP) is 4.61. The van der Waals surface area contributed by atoms with Crippen molar-refractivity contribution in [3.8, 4) is 5.75 Å². The number of carbonyl (C=O) groups excluding carboxylic acids is 1. The molecule has 2 aliphatic rings. The Hall–Kier alpha value is -0.910. The fraction of sp³-hybridized carbons (Fsp3) is 0.667. The van der Waals surface area contributed by atoms with Gasteiger partial charge in [-0.15, -0.1) is 0 Å². The number of amides is 1. The van der Waals surface area contributed by atoms with Gasteiger partial charge in [-0.05, 0) is 57.1 Å². The van der Waals surface area contributed by atoms with Crippen LogP contribution < -0.4 is 10.1 Å². The molecule has 1 aliphatic carbocycles. The molecule has 1 heterocycles. The maximum absolute atomic E-state index is 12.4. The lowest BCUT2D eigenvalue weighted by Crippen LogP contribution is -2.43. The average molecular weight is 411 g/mol. The molecule has 2 fully saturated rings. The van der Waals surface area contributed by atoms with Crippen LogP contribution in [0, 0.1) is 0 Å². The number of likely N-dealkylation sites (tertiary alicyclic amines) is 1. The standard InChI is InChI=1S/C21H31ClN2O2S/c1-15(14-27-2)24-11-9-18(10-12-24)26-20-8-7-16(13-19(20)22)21(25)23-17-5-3-4-6-17/h7-8,13,15,17-18H,3-6,9-12,14H2,1-2H3,(H,23,25). The minimum absolute atomic E-state index is 0.0357. The summed E-state index contributed by atoms with van der Waals surface area (Å²) < 4.78 is 6.15. The van der Waals surface area contributed by atoms with E-state index in [4.69, 9.17) is 16.3 Å². The molecule has 150 valence electrons. The van der Waals surface area contributed by atoms with Gasteiger partial charge in [-0.3, -0.25) is 9.69 Å². The Bertz CT molecular complexity index is 629. The first-order chi connectivity index (χ1) is 13.1. The molecule has 27 heavy (non-hydrogen) atoms. The van der Waals surface area contributed by atoms with Gasteiger partial charge < -0.3 is 10.1 Å². The average Bonchev–Trinajstić information content (AvgIpc) is 3.17. The summed E-state index contributed by atoms with van der Waals surface area (Å²) in [4.78, 5) is 14.9. The highest BCUT2D eigenvalue weighted by atomic mass is 35.5. The van der Waals surface area contributed by atoms with E-state index >= 15 is 0 Å². The Kier molecular flexibility index (Phi) is 7.74. The van der Waals surface area contributed by atoms with Crippen molar-refractivity contribution in [1.82, 2.24) is 10.2 Å². The van der Waals surface area contributed by atoms with Crippen LogP contribution in [0.1, 0.15) is 55.8 Å². The Morgan fingerprint density at radius 3 is 2.63 bits per heavy atom. The molecule has 1 saturated carbocycles. The van der Waals surface area contributed by atoms with Gasteiger partial charge in [0.1, 0.15) is 11.9 Å². The molecule has 6 heteroatoms. The van der Waals surface area contributed by atoms with E-state index in [-0.39, 0.29) is 12.0 Å². The summed E-state index contributed by atoms with van der Waals surface area (Å²) in [5, 5.41) is 3.62. The van der Waals surface area contributed by atoms with Crippen molar-refractivity contribution in [3.05, 3.63) is 28.8 Å². The van der Waals surface area contributed by atoms with E-state index in [2.05, 4.69) is 23.4 Å². The largest absolute Gasteiger partial charge is 0.489 e. The number of benzene rings is 1. The lowest BCUT2D eigenvalue weighted by atomic mass is 10.1.